The van der Waals surface area contributed by atoms with Crippen molar-refractivity contribution in [2.75, 3.05) is 6.54 Å². The largest absolute Gasteiger partial charge is 0.347 e. The predicted octanol–water partition coefficient (Wildman–Crippen LogP) is 2.38. The third kappa shape index (κ3) is 2.85. The number of rotatable bonds is 4. The molecule has 0 spiro atoms. The molecule has 1 aromatic heterocycles. The first-order valence-corrected chi connectivity index (χ1v) is 5.70. The summed E-state index contributed by atoms with van der Waals surface area (Å²) in [7, 11) is 0. The number of carbonyl (C=O) groups is 1. The van der Waals surface area contributed by atoms with Gasteiger partial charge in [0, 0.05) is 12.1 Å². The van der Waals surface area contributed by atoms with Crippen molar-refractivity contribution in [2.24, 2.45) is 0 Å². The van der Waals surface area contributed by atoms with Gasteiger partial charge >= 0.3 is 0 Å². The van der Waals surface area contributed by atoms with Crippen LogP contribution >= 0.6 is 0 Å². The van der Waals surface area contributed by atoms with Crippen LogP contribution in [-0.2, 0) is 0 Å². The fourth-order valence-corrected chi connectivity index (χ4v) is 1.52. The number of carbonyl (C=O) groups excluding carboxylic acids is 1. The third-order valence-corrected chi connectivity index (χ3v) is 2.44. The summed E-state index contributed by atoms with van der Waals surface area (Å²) >= 11 is 0. The lowest BCUT2D eigenvalue weighted by Gasteiger charge is -2.01. The number of aromatic nitrogens is 2. The van der Waals surface area contributed by atoms with Crippen LogP contribution in [0.3, 0.4) is 0 Å². The second-order valence-electron chi connectivity index (χ2n) is 4.17. The topological polar surface area (TPSA) is 57.8 Å². The van der Waals surface area contributed by atoms with Crippen molar-refractivity contribution < 1.29 is 4.79 Å². The van der Waals surface area contributed by atoms with E-state index in [1.807, 2.05) is 37.3 Å². The minimum absolute atomic E-state index is 0.173. The first kappa shape index (κ1) is 12.1. The molecule has 0 atom stereocenters. The number of nitrogens with one attached hydrogen (secondary N) is 2. The number of hydrogen-bond acceptors (Lipinski definition) is 2. The zero-order valence-corrected chi connectivity index (χ0v) is 10.2. The first-order chi connectivity index (χ1) is 8.66. The molecule has 2 rings (SSSR count). The lowest BCUT2D eigenvalue weighted by molar-refractivity contribution is 0.0952. The smallest absolute Gasteiger partial charge is 0.269 e. The summed E-state index contributed by atoms with van der Waals surface area (Å²) in [5.74, 6) is -0.173. The fourth-order valence-electron chi connectivity index (χ4n) is 1.52. The van der Waals surface area contributed by atoms with E-state index in [9.17, 15) is 4.79 Å². The van der Waals surface area contributed by atoms with Gasteiger partial charge in [0.25, 0.3) is 5.91 Å². The molecule has 18 heavy (non-hydrogen) atoms. The van der Waals surface area contributed by atoms with Crippen LogP contribution in [-0.4, -0.2) is 22.6 Å². The van der Waals surface area contributed by atoms with Crippen molar-refractivity contribution >= 4 is 5.91 Å². The van der Waals surface area contributed by atoms with Crippen LogP contribution in [0.2, 0.25) is 0 Å². The molecule has 0 bridgehead atoms. The Hall–Kier alpha value is -2.36. The monoisotopic (exact) mass is 241 g/mol. The fraction of sp³-hybridized carbons (Fsp3) is 0.143. The average molecular weight is 241 g/mol. The van der Waals surface area contributed by atoms with Gasteiger partial charge in [0.2, 0.25) is 0 Å². The maximum absolute atomic E-state index is 11.8. The second-order valence-corrected chi connectivity index (χ2v) is 4.17. The molecule has 2 N–H and O–H groups in total. The molecule has 0 saturated heterocycles. The zero-order valence-electron chi connectivity index (χ0n) is 10.2. The standard InChI is InChI=1S/C14H15N3O/c1-10(2)9-15-14(18)13-8-12(16-17-13)11-6-4-3-5-7-11/h3-8H,1,9H2,2H3,(H,15,18)(H,16,17). The maximum Gasteiger partial charge on any atom is 0.269 e. The van der Waals surface area contributed by atoms with Crippen LogP contribution in [0.15, 0.2) is 48.6 Å². The summed E-state index contributed by atoms with van der Waals surface area (Å²) in [5, 5.41) is 9.62. The number of nitrogens with zero attached hydrogens (tertiary/aromatic N) is 1. The van der Waals surface area contributed by atoms with Crippen LogP contribution < -0.4 is 5.32 Å². The van der Waals surface area contributed by atoms with Crippen LogP contribution in [0.1, 0.15) is 17.4 Å². The average Bonchev–Trinajstić information content (AvgIpc) is 2.86. The van der Waals surface area contributed by atoms with Gasteiger partial charge in [0.15, 0.2) is 0 Å². The summed E-state index contributed by atoms with van der Waals surface area (Å²) in [5.41, 5.74) is 3.10. The Balaban J connectivity index is 2.11. The normalized spacial score (nSPS) is 10.1. The van der Waals surface area contributed by atoms with Gasteiger partial charge in [-0.2, -0.15) is 5.10 Å². The van der Waals surface area contributed by atoms with E-state index in [1.165, 1.54) is 0 Å². The molecule has 0 saturated carbocycles. The van der Waals surface area contributed by atoms with Crippen molar-refractivity contribution in [3.63, 3.8) is 0 Å². The van der Waals surface area contributed by atoms with E-state index in [0.717, 1.165) is 16.8 Å². The number of benzene rings is 1. The number of H-pyrrole nitrogens is 1. The molecular weight excluding hydrogens is 226 g/mol. The molecule has 92 valence electrons. The molecule has 0 fully saturated rings. The van der Waals surface area contributed by atoms with Crippen LogP contribution in [0.5, 0.6) is 0 Å². The lowest BCUT2D eigenvalue weighted by Crippen LogP contribution is -2.25. The highest BCUT2D eigenvalue weighted by molar-refractivity contribution is 5.93. The molecule has 1 aromatic carbocycles. The SMILES string of the molecule is C=C(C)CNC(=O)c1cc(-c2ccccc2)n[nH]1. The Morgan fingerprint density at radius 2 is 2.11 bits per heavy atom. The molecule has 1 heterocycles. The Morgan fingerprint density at radius 1 is 1.39 bits per heavy atom. The molecule has 0 radical (unpaired) electrons. The number of hydrogen-bond donors (Lipinski definition) is 2. The van der Waals surface area contributed by atoms with E-state index in [4.69, 9.17) is 0 Å². The highest BCUT2D eigenvalue weighted by atomic mass is 16.1. The molecule has 0 aliphatic heterocycles. The van der Waals surface area contributed by atoms with Gasteiger partial charge in [-0.3, -0.25) is 9.89 Å². The molecule has 0 unspecified atom stereocenters. The van der Waals surface area contributed by atoms with Crippen LogP contribution in [0.25, 0.3) is 11.3 Å². The summed E-state index contributed by atoms with van der Waals surface area (Å²) in [6.45, 7) is 6.07. The van der Waals surface area contributed by atoms with Crippen molar-refractivity contribution in [2.45, 2.75) is 6.92 Å². The Morgan fingerprint density at radius 3 is 2.78 bits per heavy atom. The van der Waals surface area contributed by atoms with Gasteiger partial charge in [-0.1, -0.05) is 42.5 Å². The second kappa shape index (κ2) is 5.31. The summed E-state index contributed by atoms with van der Waals surface area (Å²) in [6, 6.07) is 11.5. The van der Waals surface area contributed by atoms with Gasteiger partial charge in [0.05, 0.1) is 5.69 Å². The highest BCUT2D eigenvalue weighted by Crippen LogP contribution is 2.16. The highest BCUT2D eigenvalue weighted by Gasteiger charge is 2.10. The predicted molar refractivity (Wildman–Crippen MR) is 71.2 cm³/mol. The first-order valence-electron chi connectivity index (χ1n) is 5.70. The maximum atomic E-state index is 11.8. The quantitative estimate of drug-likeness (QED) is 0.807. The lowest BCUT2D eigenvalue weighted by atomic mass is 10.1. The summed E-state index contributed by atoms with van der Waals surface area (Å²) in [4.78, 5) is 11.8. The molecule has 0 aliphatic rings. The van der Waals surface area contributed by atoms with Crippen LogP contribution in [0.4, 0.5) is 0 Å². The molecular formula is C14H15N3O. The van der Waals surface area contributed by atoms with E-state index in [-0.39, 0.29) is 5.91 Å². The minimum atomic E-state index is -0.173. The zero-order chi connectivity index (χ0) is 13.0. The van der Waals surface area contributed by atoms with Gasteiger partial charge in [-0.05, 0) is 13.0 Å². The van der Waals surface area contributed by atoms with E-state index in [2.05, 4.69) is 22.1 Å². The van der Waals surface area contributed by atoms with E-state index in [1.54, 1.807) is 6.07 Å². The third-order valence-electron chi connectivity index (χ3n) is 2.44. The van der Waals surface area contributed by atoms with E-state index >= 15 is 0 Å². The van der Waals surface area contributed by atoms with Gasteiger partial charge in [-0.25, -0.2) is 0 Å². The van der Waals surface area contributed by atoms with E-state index in [0.29, 0.717) is 12.2 Å². The summed E-state index contributed by atoms with van der Waals surface area (Å²) < 4.78 is 0. The van der Waals surface area contributed by atoms with E-state index < -0.39 is 0 Å². The van der Waals surface area contributed by atoms with Crippen molar-refractivity contribution in [1.82, 2.24) is 15.5 Å². The van der Waals surface area contributed by atoms with Crippen molar-refractivity contribution in [3.05, 3.63) is 54.2 Å². The van der Waals surface area contributed by atoms with Crippen LogP contribution in [0, 0.1) is 0 Å². The van der Waals surface area contributed by atoms with Gasteiger partial charge in [-0.15, -0.1) is 0 Å². The molecule has 4 heteroatoms. The minimum Gasteiger partial charge on any atom is -0.347 e. The molecule has 0 aliphatic carbocycles. The molecule has 1 amide bonds. The Labute approximate surface area is 106 Å². The Bertz CT molecular complexity index is 557. The van der Waals surface area contributed by atoms with Gasteiger partial charge in [0.1, 0.15) is 5.69 Å². The van der Waals surface area contributed by atoms with Crippen molar-refractivity contribution in [3.8, 4) is 11.3 Å². The molecule has 2 aromatic rings. The summed E-state index contributed by atoms with van der Waals surface area (Å²) in [6.07, 6.45) is 0. The van der Waals surface area contributed by atoms with Gasteiger partial charge < -0.3 is 5.32 Å². The van der Waals surface area contributed by atoms with Crippen molar-refractivity contribution in [1.29, 1.82) is 0 Å². The Kier molecular flexibility index (Phi) is 3.57. The number of amides is 1. The molecule has 4 nitrogen and oxygen atoms in total. The number of aromatic amines is 1.